The van der Waals surface area contributed by atoms with Gasteiger partial charge in [0, 0.05) is 51.2 Å². The maximum Gasteiger partial charge on any atom is 0.415 e. The van der Waals surface area contributed by atoms with Gasteiger partial charge >= 0.3 is 6.09 Å². The summed E-state index contributed by atoms with van der Waals surface area (Å²) in [6.45, 7) is 6.70. The number of aromatic nitrogens is 3. The van der Waals surface area contributed by atoms with Gasteiger partial charge in [-0.15, -0.1) is 0 Å². The maximum atomic E-state index is 12.3. The Labute approximate surface area is 186 Å². The molecule has 1 amide bonds. The number of hydrogen-bond donors (Lipinski definition) is 0. The van der Waals surface area contributed by atoms with Crippen LogP contribution in [0.5, 0.6) is 5.88 Å². The molecule has 2 fully saturated rings. The fourth-order valence-electron chi connectivity index (χ4n) is 4.25. The summed E-state index contributed by atoms with van der Waals surface area (Å²) >= 11 is 0. The average Bonchev–Trinajstić information content (AvgIpc) is 3.19. The van der Waals surface area contributed by atoms with Crippen LogP contribution in [0.3, 0.4) is 0 Å². The molecule has 166 valence electrons. The van der Waals surface area contributed by atoms with Crippen molar-refractivity contribution in [1.29, 1.82) is 0 Å². The monoisotopic (exact) mass is 434 g/mol. The topological polar surface area (TPSA) is 83.9 Å². The van der Waals surface area contributed by atoms with Crippen molar-refractivity contribution >= 4 is 28.6 Å². The molecule has 0 saturated carbocycles. The van der Waals surface area contributed by atoms with E-state index in [0.29, 0.717) is 24.8 Å². The van der Waals surface area contributed by atoms with Crippen LogP contribution in [0.25, 0.3) is 11.0 Å². The number of hydrogen-bond acceptors (Lipinski definition) is 8. The largest absolute Gasteiger partial charge is 0.481 e. The molecule has 5 rings (SSSR count). The van der Waals surface area contributed by atoms with Crippen LogP contribution in [0.2, 0.25) is 0 Å². The molecule has 9 nitrogen and oxygen atoms in total. The van der Waals surface area contributed by atoms with Gasteiger partial charge in [-0.2, -0.15) is 0 Å². The van der Waals surface area contributed by atoms with E-state index in [1.54, 1.807) is 18.2 Å². The van der Waals surface area contributed by atoms with Gasteiger partial charge in [-0.05, 0) is 30.7 Å². The number of aryl methyl sites for hydroxylation is 1. The third-order valence-electron chi connectivity index (χ3n) is 5.97. The number of nitrogens with zero attached hydrogens (tertiary/aromatic N) is 6. The molecule has 2 saturated heterocycles. The Kier molecular flexibility index (Phi) is 5.48. The molecule has 9 heteroatoms. The van der Waals surface area contributed by atoms with Crippen LogP contribution in [0.4, 0.5) is 16.3 Å². The average molecular weight is 435 g/mol. The zero-order chi connectivity index (χ0) is 22.1. The minimum Gasteiger partial charge on any atom is -0.481 e. The van der Waals surface area contributed by atoms with E-state index in [1.807, 2.05) is 43.5 Å². The summed E-state index contributed by atoms with van der Waals surface area (Å²) in [6.07, 6.45) is 3.10. The van der Waals surface area contributed by atoms with Gasteiger partial charge in [0.2, 0.25) is 5.88 Å². The van der Waals surface area contributed by atoms with E-state index >= 15 is 0 Å². The quantitative estimate of drug-likeness (QED) is 0.606. The van der Waals surface area contributed by atoms with Crippen molar-refractivity contribution in [3.8, 4) is 5.88 Å². The Balaban J connectivity index is 1.21. The van der Waals surface area contributed by atoms with Crippen LogP contribution in [0.15, 0.2) is 42.7 Å². The number of ether oxygens (including phenoxy) is 2. The van der Waals surface area contributed by atoms with Crippen LogP contribution in [0.1, 0.15) is 5.56 Å². The molecule has 3 aromatic rings. The number of methoxy groups -OCH3 is 1. The molecule has 0 N–H and O–H groups in total. The van der Waals surface area contributed by atoms with Crippen LogP contribution >= 0.6 is 0 Å². The van der Waals surface area contributed by atoms with Gasteiger partial charge in [0.05, 0.1) is 24.9 Å². The number of carbonyl (C=O) groups is 1. The van der Waals surface area contributed by atoms with E-state index in [1.165, 1.54) is 0 Å². The number of fused-ring (bicyclic) bond motifs is 1. The zero-order valence-corrected chi connectivity index (χ0v) is 18.3. The molecule has 3 aromatic heterocycles. The van der Waals surface area contributed by atoms with Crippen molar-refractivity contribution < 1.29 is 14.3 Å². The number of pyridine rings is 3. The highest BCUT2D eigenvalue weighted by atomic mass is 16.6. The summed E-state index contributed by atoms with van der Waals surface area (Å²) in [7, 11) is 1.62. The number of carbonyl (C=O) groups excluding carboxylic acids is 1. The number of rotatable bonds is 5. The predicted molar refractivity (Wildman–Crippen MR) is 121 cm³/mol. The number of anilines is 2. The van der Waals surface area contributed by atoms with E-state index in [-0.39, 0.29) is 12.2 Å². The van der Waals surface area contributed by atoms with Gasteiger partial charge in [0.15, 0.2) is 0 Å². The summed E-state index contributed by atoms with van der Waals surface area (Å²) in [4.78, 5) is 32.0. The van der Waals surface area contributed by atoms with E-state index in [4.69, 9.17) is 9.47 Å². The highest BCUT2D eigenvalue weighted by Crippen LogP contribution is 2.27. The molecular weight excluding hydrogens is 408 g/mol. The molecular formula is C23H26N6O3. The molecule has 0 aliphatic carbocycles. The van der Waals surface area contributed by atoms with Crippen molar-refractivity contribution in [3.05, 3.63) is 48.3 Å². The Morgan fingerprint density at radius 3 is 2.69 bits per heavy atom. The number of cyclic esters (lactones) is 1. The first kappa shape index (κ1) is 20.4. The molecule has 2 aliphatic heterocycles. The standard InChI is InChI=1S/C23H26N6O3/c1-16-3-5-20(25-13-16)29-15-17(32-23(29)30)14-27-9-11-28(12-10-27)19-7-8-24-18-4-6-21(31-2)26-22(18)19/h3-8,13,17H,9-12,14-15H2,1-2H3/t17-/m1/s1. The third-order valence-corrected chi connectivity index (χ3v) is 5.97. The molecule has 2 aliphatic rings. The Morgan fingerprint density at radius 1 is 1.09 bits per heavy atom. The van der Waals surface area contributed by atoms with Crippen molar-refractivity contribution in [3.63, 3.8) is 0 Å². The lowest BCUT2D eigenvalue weighted by molar-refractivity contribution is 0.106. The highest BCUT2D eigenvalue weighted by molar-refractivity contribution is 5.89. The second kappa shape index (κ2) is 8.58. The van der Waals surface area contributed by atoms with Crippen LogP contribution < -0.4 is 14.5 Å². The van der Waals surface area contributed by atoms with Crippen molar-refractivity contribution in [2.45, 2.75) is 13.0 Å². The van der Waals surface area contributed by atoms with Gasteiger partial charge in [-0.3, -0.25) is 14.8 Å². The van der Waals surface area contributed by atoms with Crippen LogP contribution in [0, 0.1) is 6.92 Å². The lowest BCUT2D eigenvalue weighted by Gasteiger charge is -2.36. The van der Waals surface area contributed by atoms with Crippen molar-refractivity contribution in [1.82, 2.24) is 19.9 Å². The maximum absolute atomic E-state index is 12.3. The number of piperazine rings is 1. The molecule has 32 heavy (non-hydrogen) atoms. The molecule has 1 atom stereocenters. The minimum atomic E-state index is -0.326. The van der Waals surface area contributed by atoms with E-state index < -0.39 is 0 Å². The number of amides is 1. The lowest BCUT2D eigenvalue weighted by atomic mass is 10.2. The second-order valence-corrected chi connectivity index (χ2v) is 8.15. The summed E-state index contributed by atoms with van der Waals surface area (Å²) < 4.78 is 10.9. The Morgan fingerprint density at radius 2 is 1.94 bits per heavy atom. The Hall–Kier alpha value is -3.46. The summed E-state index contributed by atoms with van der Waals surface area (Å²) in [5.41, 5.74) is 3.84. The fourth-order valence-corrected chi connectivity index (χ4v) is 4.25. The fraction of sp³-hybridized carbons (Fsp3) is 0.391. The van der Waals surface area contributed by atoms with Crippen LogP contribution in [-0.4, -0.2) is 78.4 Å². The molecule has 5 heterocycles. The first-order valence-electron chi connectivity index (χ1n) is 10.8. The first-order chi connectivity index (χ1) is 15.6. The zero-order valence-electron chi connectivity index (χ0n) is 18.3. The normalized spacial score (nSPS) is 19.4. The molecule has 0 aromatic carbocycles. The highest BCUT2D eigenvalue weighted by Gasteiger charge is 2.34. The molecule has 0 unspecified atom stereocenters. The SMILES string of the molecule is COc1ccc2nccc(N3CCN(C[C@@H]4CN(c5ccc(C)cn5)C(=O)O4)CC3)c2n1. The van der Waals surface area contributed by atoms with E-state index in [2.05, 4.69) is 24.8 Å². The van der Waals surface area contributed by atoms with Crippen molar-refractivity contribution in [2.75, 3.05) is 56.2 Å². The van der Waals surface area contributed by atoms with Gasteiger partial charge < -0.3 is 14.4 Å². The van der Waals surface area contributed by atoms with Crippen molar-refractivity contribution in [2.24, 2.45) is 0 Å². The first-order valence-corrected chi connectivity index (χ1v) is 10.8. The second-order valence-electron chi connectivity index (χ2n) is 8.15. The van der Waals surface area contributed by atoms with Gasteiger partial charge in [-0.1, -0.05) is 6.07 Å². The molecule has 0 radical (unpaired) electrons. The van der Waals surface area contributed by atoms with Gasteiger partial charge in [0.1, 0.15) is 17.4 Å². The van der Waals surface area contributed by atoms with Gasteiger partial charge in [0.25, 0.3) is 0 Å². The minimum absolute atomic E-state index is 0.162. The summed E-state index contributed by atoms with van der Waals surface area (Å²) in [6, 6.07) is 9.59. The van der Waals surface area contributed by atoms with E-state index in [0.717, 1.165) is 48.5 Å². The lowest BCUT2D eigenvalue weighted by Crippen LogP contribution is -2.49. The smallest absolute Gasteiger partial charge is 0.415 e. The summed E-state index contributed by atoms with van der Waals surface area (Å²) in [5.74, 6) is 1.22. The summed E-state index contributed by atoms with van der Waals surface area (Å²) in [5, 5.41) is 0. The van der Waals surface area contributed by atoms with Gasteiger partial charge in [-0.25, -0.2) is 14.8 Å². The van der Waals surface area contributed by atoms with Crippen LogP contribution in [-0.2, 0) is 4.74 Å². The Bertz CT molecular complexity index is 1110. The van der Waals surface area contributed by atoms with E-state index in [9.17, 15) is 4.79 Å². The molecule has 0 bridgehead atoms. The third kappa shape index (κ3) is 4.03. The predicted octanol–water partition coefficient (Wildman–Crippen LogP) is 2.49. The molecule has 0 spiro atoms.